The summed E-state index contributed by atoms with van der Waals surface area (Å²) >= 11 is 0. The normalized spacial score (nSPS) is 7.50. The largest absolute Gasteiger partial charge is 0.462 e. The first-order valence-electron chi connectivity index (χ1n) is 7.66. The Balaban J connectivity index is -0.0000000881. The fourth-order valence-corrected chi connectivity index (χ4v) is 0.358. The number of hydrogen-bond donors (Lipinski definition) is 0. The second-order valence-corrected chi connectivity index (χ2v) is 4.13. The number of hydrogen-bond acceptors (Lipinski definition) is 2. The van der Waals surface area contributed by atoms with E-state index in [2.05, 4.69) is 46.0 Å². The van der Waals surface area contributed by atoms with Gasteiger partial charge in [0.2, 0.25) is 0 Å². The Morgan fingerprint density at radius 1 is 0.850 bits per heavy atom. The number of furan rings is 1. The molecule has 2 nitrogen and oxygen atoms in total. The maximum Gasteiger partial charge on any atom is 0.185 e. The van der Waals surface area contributed by atoms with Crippen molar-refractivity contribution in [2.75, 3.05) is 0 Å². The van der Waals surface area contributed by atoms with Crippen molar-refractivity contribution in [3.05, 3.63) is 24.2 Å². The summed E-state index contributed by atoms with van der Waals surface area (Å²) in [4.78, 5) is 9.77. The molecular weight excluding hydrogens is 355 g/mol. The van der Waals surface area contributed by atoms with Gasteiger partial charge in [0.05, 0.1) is 6.26 Å². The van der Waals surface area contributed by atoms with Gasteiger partial charge in [0.1, 0.15) is 0 Å². The number of aldehydes is 1. The van der Waals surface area contributed by atoms with Crippen molar-refractivity contribution in [2.45, 2.75) is 80.1 Å². The van der Waals surface area contributed by atoms with E-state index in [0.29, 0.717) is 12.0 Å². The molecule has 0 aliphatic rings. The minimum Gasteiger partial charge on any atom is -0.462 e. The monoisotopic (exact) mass is 390 g/mol. The first kappa shape index (κ1) is 28.0. The van der Waals surface area contributed by atoms with Gasteiger partial charge in [-0.2, -0.15) is 0 Å². The Bertz CT molecular complexity index is 205. The molecule has 0 saturated carbocycles. The zero-order valence-corrected chi connectivity index (χ0v) is 17.2. The molecule has 0 aliphatic heterocycles. The maximum atomic E-state index is 9.77. The van der Waals surface area contributed by atoms with Crippen LogP contribution in [-0.4, -0.2) is 30.2 Å². The van der Waals surface area contributed by atoms with Crippen molar-refractivity contribution in [3.63, 3.8) is 0 Å². The van der Waals surface area contributed by atoms with E-state index in [1.165, 1.54) is 44.8 Å². The van der Waals surface area contributed by atoms with E-state index in [1.54, 1.807) is 12.1 Å². The molecule has 0 amide bonds. The Morgan fingerprint density at radius 2 is 1.20 bits per heavy atom. The maximum absolute atomic E-state index is 9.77. The van der Waals surface area contributed by atoms with Crippen LogP contribution in [0.1, 0.15) is 90.6 Å². The first-order valence-corrected chi connectivity index (χ1v) is 7.66. The van der Waals surface area contributed by atoms with Gasteiger partial charge in [0.25, 0.3) is 0 Å². The van der Waals surface area contributed by atoms with E-state index in [0.717, 1.165) is 0 Å². The van der Waals surface area contributed by atoms with Crippen LogP contribution < -0.4 is 0 Å². The molecule has 1 aromatic rings. The van der Waals surface area contributed by atoms with Crippen molar-refractivity contribution >= 4 is 30.2 Å². The van der Waals surface area contributed by atoms with Crippen molar-refractivity contribution in [3.8, 4) is 0 Å². The summed E-state index contributed by atoms with van der Waals surface area (Å²) in [6.07, 6.45) is 10.0. The molecule has 1 aromatic heterocycles. The smallest absolute Gasteiger partial charge is 0.185 e. The van der Waals surface area contributed by atoms with E-state index in [-0.39, 0.29) is 23.9 Å². The van der Waals surface area contributed by atoms with Gasteiger partial charge in [-0.15, -0.1) is 0 Å². The summed E-state index contributed by atoms with van der Waals surface area (Å²) < 4.78 is 4.61. The van der Waals surface area contributed by atoms with Crippen LogP contribution in [0.5, 0.6) is 0 Å². The quantitative estimate of drug-likeness (QED) is 0.458. The van der Waals surface area contributed by atoms with Crippen molar-refractivity contribution in [1.82, 2.24) is 0 Å². The van der Waals surface area contributed by atoms with Crippen molar-refractivity contribution in [2.24, 2.45) is 0 Å². The SMILES string of the molecule is CCCC.CCCC.CCCC.O=Cc1ccco1.[Sn]. The molecule has 20 heavy (non-hydrogen) atoms. The molecule has 0 aliphatic carbocycles. The molecule has 0 atom stereocenters. The summed E-state index contributed by atoms with van der Waals surface area (Å²) in [7, 11) is 0. The minimum absolute atomic E-state index is 0. The number of unbranched alkanes of at least 4 members (excludes halogenated alkanes) is 3. The fraction of sp³-hybridized carbons (Fsp3) is 0.706. The van der Waals surface area contributed by atoms with E-state index in [9.17, 15) is 4.79 Å². The van der Waals surface area contributed by atoms with Gasteiger partial charge in [0, 0.05) is 23.9 Å². The van der Waals surface area contributed by atoms with Crippen molar-refractivity contribution in [1.29, 1.82) is 0 Å². The summed E-state index contributed by atoms with van der Waals surface area (Å²) in [5, 5.41) is 0. The minimum atomic E-state index is 0. The topological polar surface area (TPSA) is 30.2 Å². The molecule has 0 fully saturated rings. The Morgan fingerprint density at radius 3 is 1.30 bits per heavy atom. The summed E-state index contributed by atoms with van der Waals surface area (Å²) in [6, 6.07) is 3.27. The van der Waals surface area contributed by atoms with E-state index in [4.69, 9.17) is 0 Å². The summed E-state index contributed by atoms with van der Waals surface area (Å²) in [5.41, 5.74) is 0. The average Bonchev–Trinajstić information content (AvgIpc) is 3.01. The van der Waals surface area contributed by atoms with E-state index in [1.807, 2.05) is 0 Å². The Labute approximate surface area is 143 Å². The van der Waals surface area contributed by atoms with Crippen LogP contribution in [-0.2, 0) is 0 Å². The summed E-state index contributed by atoms with van der Waals surface area (Å²) in [6.45, 7) is 13.1. The number of rotatable bonds is 4. The molecule has 0 saturated heterocycles. The molecular formula is C17H34O2Sn. The molecule has 3 heteroatoms. The van der Waals surface area contributed by atoms with Crippen LogP contribution in [0.3, 0.4) is 0 Å². The van der Waals surface area contributed by atoms with Gasteiger partial charge in [-0.25, -0.2) is 0 Å². The average molecular weight is 389 g/mol. The predicted octanol–water partition coefficient (Wildman–Crippen LogP) is 6.13. The van der Waals surface area contributed by atoms with Crippen LogP contribution in [0, 0.1) is 0 Å². The second-order valence-electron chi connectivity index (χ2n) is 4.13. The van der Waals surface area contributed by atoms with E-state index < -0.39 is 0 Å². The molecule has 0 aromatic carbocycles. The van der Waals surface area contributed by atoms with Gasteiger partial charge in [-0.1, -0.05) is 80.1 Å². The number of carbonyl (C=O) groups is 1. The van der Waals surface area contributed by atoms with Gasteiger partial charge in [0.15, 0.2) is 12.0 Å². The van der Waals surface area contributed by atoms with Crippen LogP contribution in [0.25, 0.3) is 0 Å². The van der Waals surface area contributed by atoms with Gasteiger partial charge < -0.3 is 4.42 Å². The number of carbonyl (C=O) groups excluding carboxylic acids is 1. The second kappa shape index (κ2) is 31.2. The molecule has 1 rings (SSSR count). The Kier molecular flexibility index (Phi) is 43.7. The molecule has 0 N–H and O–H groups in total. The predicted molar refractivity (Wildman–Crippen MR) is 91.6 cm³/mol. The fourth-order valence-electron chi connectivity index (χ4n) is 0.358. The molecule has 0 spiro atoms. The molecule has 118 valence electrons. The van der Waals surface area contributed by atoms with Gasteiger partial charge in [-0.05, 0) is 12.1 Å². The molecule has 0 unspecified atom stereocenters. The third-order valence-electron chi connectivity index (χ3n) is 2.16. The molecule has 4 radical (unpaired) electrons. The van der Waals surface area contributed by atoms with Crippen LogP contribution in [0.15, 0.2) is 22.8 Å². The van der Waals surface area contributed by atoms with Gasteiger partial charge in [-0.3, -0.25) is 4.79 Å². The third-order valence-corrected chi connectivity index (χ3v) is 2.16. The standard InChI is InChI=1S/C5H4O2.3C4H10.Sn/c6-4-5-2-1-3-7-5;3*1-3-4-2;/h1-4H;3*3-4H2,1-2H3;. The first-order chi connectivity index (χ1) is 9.17. The van der Waals surface area contributed by atoms with Gasteiger partial charge >= 0.3 is 0 Å². The van der Waals surface area contributed by atoms with Crippen LogP contribution in [0.4, 0.5) is 0 Å². The zero-order valence-electron chi connectivity index (χ0n) is 14.4. The zero-order chi connectivity index (χ0) is 15.4. The van der Waals surface area contributed by atoms with Crippen LogP contribution in [0.2, 0.25) is 0 Å². The molecule has 0 bridgehead atoms. The van der Waals surface area contributed by atoms with Crippen LogP contribution >= 0.6 is 0 Å². The van der Waals surface area contributed by atoms with E-state index >= 15 is 0 Å². The van der Waals surface area contributed by atoms with Crippen molar-refractivity contribution < 1.29 is 9.21 Å². The Hall–Kier alpha value is -0.251. The summed E-state index contributed by atoms with van der Waals surface area (Å²) in [5.74, 6) is 0.375. The molecule has 1 heterocycles. The third kappa shape index (κ3) is 36.1.